The minimum Gasteiger partial charge on any atom is -0.390 e. The Labute approximate surface area is 148 Å². The molecule has 0 aliphatic carbocycles. The Kier molecular flexibility index (Phi) is 6.17. The van der Waals surface area contributed by atoms with E-state index >= 15 is 0 Å². The molecule has 2 aromatic carbocycles. The monoisotopic (exact) mass is 340 g/mol. The molecule has 1 aliphatic rings. The molecule has 1 unspecified atom stereocenters. The van der Waals surface area contributed by atoms with Crippen LogP contribution in [0.4, 0.5) is 0 Å². The zero-order valence-corrected chi connectivity index (χ0v) is 14.2. The summed E-state index contributed by atoms with van der Waals surface area (Å²) in [5.74, 6) is -0.166. The third-order valence-electron chi connectivity index (χ3n) is 4.33. The Morgan fingerprint density at radius 1 is 1.08 bits per heavy atom. The molecule has 0 radical (unpaired) electrons. The summed E-state index contributed by atoms with van der Waals surface area (Å²) in [6, 6.07) is 17.4. The zero-order chi connectivity index (χ0) is 17.5. The molecule has 0 bridgehead atoms. The van der Waals surface area contributed by atoms with Crippen LogP contribution in [0.1, 0.15) is 10.4 Å². The van der Waals surface area contributed by atoms with E-state index in [0.29, 0.717) is 25.3 Å². The van der Waals surface area contributed by atoms with Crippen molar-refractivity contribution in [2.75, 3.05) is 39.4 Å². The third-order valence-corrected chi connectivity index (χ3v) is 4.33. The van der Waals surface area contributed by atoms with E-state index < -0.39 is 6.10 Å². The van der Waals surface area contributed by atoms with Gasteiger partial charge in [-0.25, -0.2) is 0 Å². The molecule has 3 rings (SSSR count). The van der Waals surface area contributed by atoms with Gasteiger partial charge in [-0.3, -0.25) is 9.69 Å². The SMILES string of the molecule is O=C(NCC(O)CN1CCOCC1)c1ccccc1-c1ccccc1. The highest BCUT2D eigenvalue weighted by Gasteiger charge is 2.17. The maximum atomic E-state index is 12.6. The summed E-state index contributed by atoms with van der Waals surface area (Å²) in [5, 5.41) is 13.0. The summed E-state index contributed by atoms with van der Waals surface area (Å²) in [6.07, 6.45) is -0.592. The summed E-state index contributed by atoms with van der Waals surface area (Å²) in [7, 11) is 0. The number of β-amino-alcohol motifs (C(OH)–C–C–N with tert-alkyl or cyclic N) is 1. The fourth-order valence-corrected chi connectivity index (χ4v) is 3.00. The van der Waals surface area contributed by atoms with Gasteiger partial charge in [-0.15, -0.1) is 0 Å². The Morgan fingerprint density at radius 3 is 2.52 bits per heavy atom. The quantitative estimate of drug-likeness (QED) is 0.841. The van der Waals surface area contributed by atoms with Crippen LogP contribution in [0, 0.1) is 0 Å². The number of morpholine rings is 1. The van der Waals surface area contributed by atoms with Crippen LogP contribution in [0.15, 0.2) is 54.6 Å². The van der Waals surface area contributed by atoms with Crippen LogP contribution in [0.25, 0.3) is 11.1 Å². The number of ether oxygens (including phenoxy) is 1. The first-order valence-electron chi connectivity index (χ1n) is 8.65. The van der Waals surface area contributed by atoms with Gasteiger partial charge < -0.3 is 15.2 Å². The van der Waals surface area contributed by atoms with Gasteiger partial charge in [0.05, 0.1) is 19.3 Å². The highest BCUT2D eigenvalue weighted by atomic mass is 16.5. The number of nitrogens with zero attached hydrogens (tertiary/aromatic N) is 1. The van der Waals surface area contributed by atoms with Crippen LogP contribution >= 0.6 is 0 Å². The second-order valence-corrected chi connectivity index (χ2v) is 6.19. The zero-order valence-electron chi connectivity index (χ0n) is 14.2. The van der Waals surface area contributed by atoms with Gasteiger partial charge in [0.2, 0.25) is 0 Å². The van der Waals surface area contributed by atoms with Crippen LogP contribution in [0.5, 0.6) is 0 Å². The first-order valence-corrected chi connectivity index (χ1v) is 8.65. The van der Waals surface area contributed by atoms with Crippen molar-refractivity contribution < 1.29 is 14.6 Å². The molecule has 132 valence electrons. The molecule has 1 fully saturated rings. The van der Waals surface area contributed by atoms with Crippen LogP contribution < -0.4 is 5.32 Å². The van der Waals surface area contributed by atoms with E-state index in [4.69, 9.17) is 4.74 Å². The molecule has 2 N–H and O–H groups in total. The smallest absolute Gasteiger partial charge is 0.252 e. The largest absolute Gasteiger partial charge is 0.390 e. The summed E-state index contributed by atoms with van der Waals surface area (Å²) >= 11 is 0. The number of nitrogens with one attached hydrogen (secondary N) is 1. The molecule has 1 aliphatic heterocycles. The number of carbonyl (C=O) groups is 1. The predicted octanol–water partition coefficient (Wildman–Crippen LogP) is 1.78. The van der Waals surface area contributed by atoms with Gasteiger partial charge in [-0.2, -0.15) is 0 Å². The molecular weight excluding hydrogens is 316 g/mol. The fourth-order valence-electron chi connectivity index (χ4n) is 3.00. The van der Waals surface area contributed by atoms with E-state index in [9.17, 15) is 9.90 Å². The van der Waals surface area contributed by atoms with E-state index in [1.165, 1.54) is 0 Å². The highest BCUT2D eigenvalue weighted by molar-refractivity contribution is 6.00. The van der Waals surface area contributed by atoms with Gasteiger partial charge in [0.25, 0.3) is 5.91 Å². The van der Waals surface area contributed by atoms with E-state index in [1.54, 1.807) is 0 Å². The molecule has 2 aromatic rings. The van der Waals surface area contributed by atoms with Crippen molar-refractivity contribution in [2.45, 2.75) is 6.10 Å². The van der Waals surface area contributed by atoms with Gasteiger partial charge in [-0.05, 0) is 17.2 Å². The van der Waals surface area contributed by atoms with Crippen molar-refractivity contribution in [3.8, 4) is 11.1 Å². The van der Waals surface area contributed by atoms with Gasteiger partial charge in [0.15, 0.2) is 0 Å². The molecule has 5 heteroatoms. The third kappa shape index (κ3) is 4.89. The maximum Gasteiger partial charge on any atom is 0.252 e. The molecule has 1 saturated heterocycles. The minimum atomic E-state index is -0.592. The lowest BCUT2D eigenvalue weighted by molar-refractivity contribution is 0.0149. The van der Waals surface area contributed by atoms with Gasteiger partial charge in [0.1, 0.15) is 0 Å². The summed E-state index contributed by atoms with van der Waals surface area (Å²) < 4.78 is 5.30. The molecular formula is C20H24N2O3. The van der Waals surface area contributed by atoms with Crippen molar-refractivity contribution in [3.63, 3.8) is 0 Å². The molecule has 0 saturated carbocycles. The molecule has 0 aromatic heterocycles. The average Bonchev–Trinajstić information content (AvgIpc) is 2.67. The number of hydrogen-bond donors (Lipinski definition) is 2. The number of benzene rings is 2. The Bertz CT molecular complexity index is 684. The van der Waals surface area contributed by atoms with E-state index in [1.807, 2.05) is 54.6 Å². The van der Waals surface area contributed by atoms with Crippen molar-refractivity contribution in [3.05, 3.63) is 60.2 Å². The topological polar surface area (TPSA) is 61.8 Å². The van der Waals surface area contributed by atoms with Crippen molar-refractivity contribution in [1.29, 1.82) is 0 Å². The number of rotatable bonds is 6. The summed E-state index contributed by atoms with van der Waals surface area (Å²) in [6.45, 7) is 3.82. The van der Waals surface area contributed by atoms with E-state index in [2.05, 4.69) is 10.2 Å². The van der Waals surface area contributed by atoms with Crippen molar-refractivity contribution in [2.24, 2.45) is 0 Å². The van der Waals surface area contributed by atoms with Crippen LogP contribution in [0.3, 0.4) is 0 Å². The molecule has 0 spiro atoms. The summed E-state index contributed by atoms with van der Waals surface area (Å²) in [4.78, 5) is 14.7. The maximum absolute atomic E-state index is 12.6. The van der Waals surface area contributed by atoms with Gasteiger partial charge in [0, 0.05) is 31.7 Å². The summed E-state index contributed by atoms with van der Waals surface area (Å²) in [5.41, 5.74) is 2.51. The lowest BCUT2D eigenvalue weighted by atomic mass is 9.99. The second-order valence-electron chi connectivity index (χ2n) is 6.19. The molecule has 25 heavy (non-hydrogen) atoms. The number of amides is 1. The highest BCUT2D eigenvalue weighted by Crippen LogP contribution is 2.23. The Hall–Kier alpha value is -2.21. The Morgan fingerprint density at radius 2 is 1.76 bits per heavy atom. The number of carbonyl (C=O) groups excluding carboxylic acids is 1. The van der Waals surface area contributed by atoms with Crippen LogP contribution in [0.2, 0.25) is 0 Å². The molecule has 1 atom stereocenters. The standard InChI is InChI=1S/C20H24N2O3/c23-17(15-22-10-12-25-13-11-22)14-21-20(24)19-9-5-4-8-18(19)16-6-2-1-3-7-16/h1-9,17,23H,10-15H2,(H,21,24). The lowest BCUT2D eigenvalue weighted by Gasteiger charge is -2.28. The average molecular weight is 340 g/mol. The number of aliphatic hydroxyl groups excluding tert-OH is 1. The molecule has 1 heterocycles. The first kappa shape index (κ1) is 17.6. The normalized spacial score (nSPS) is 16.4. The molecule has 5 nitrogen and oxygen atoms in total. The number of hydrogen-bond acceptors (Lipinski definition) is 4. The van der Waals surface area contributed by atoms with E-state index in [-0.39, 0.29) is 12.5 Å². The minimum absolute atomic E-state index is 0.166. The lowest BCUT2D eigenvalue weighted by Crippen LogP contribution is -2.44. The molecule has 1 amide bonds. The van der Waals surface area contributed by atoms with Crippen molar-refractivity contribution >= 4 is 5.91 Å². The predicted molar refractivity (Wildman–Crippen MR) is 97.5 cm³/mol. The van der Waals surface area contributed by atoms with Crippen LogP contribution in [-0.2, 0) is 4.74 Å². The fraction of sp³-hybridized carbons (Fsp3) is 0.350. The Balaban J connectivity index is 1.60. The van der Waals surface area contributed by atoms with Gasteiger partial charge >= 0.3 is 0 Å². The second kappa shape index (κ2) is 8.76. The first-order chi connectivity index (χ1) is 12.2. The van der Waals surface area contributed by atoms with Crippen LogP contribution in [-0.4, -0.2) is 61.4 Å². The van der Waals surface area contributed by atoms with Gasteiger partial charge in [-0.1, -0.05) is 48.5 Å². The van der Waals surface area contributed by atoms with Crippen molar-refractivity contribution in [1.82, 2.24) is 10.2 Å². The van der Waals surface area contributed by atoms with E-state index in [0.717, 1.165) is 24.2 Å². The number of aliphatic hydroxyl groups is 1.